The number of nitrogens with zero attached hydrogens (tertiary/aromatic N) is 2. The van der Waals surface area contributed by atoms with Crippen LogP contribution in [0, 0.1) is 11.6 Å². The first kappa shape index (κ1) is 18.9. The maximum atomic E-state index is 13.7. The van der Waals surface area contributed by atoms with Crippen molar-refractivity contribution in [2.45, 2.75) is 26.1 Å². The first-order chi connectivity index (χ1) is 13.6. The van der Waals surface area contributed by atoms with Gasteiger partial charge in [0.05, 0.1) is 0 Å². The molecule has 4 rings (SSSR count). The molecule has 0 aliphatic carbocycles. The van der Waals surface area contributed by atoms with Crippen molar-refractivity contribution >= 4 is 17.5 Å². The Morgan fingerprint density at radius 2 is 2.07 bits per heavy atom. The third-order valence-electron chi connectivity index (χ3n) is 4.89. The number of halogens is 3. The van der Waals surface area contributed by atoms with Crippen LogP contribution in [0.4, 0.5) is 8.78 Å². The number of fused-ring (bicyclic) bond motifs is 1. The minimum atomic E-state index is -0.651. The normalized spacial score (nSPS) is 16.3. The molecule has 2 aliphatic heterocycles. The number of nitrogens with one attached hydrogen (secondary N) is 1. The van der Waals surface area contributed by atoms with Crippen molar-refractivity contribution in [1.29, 1.82) is 0 Å². The molecule has 28 heavy (non-hydrogen) atoms. The van der Waals surface area contributed by atoms with Crippen molar-refractivity contribution in [2.75, 3.05) is 13.2 Å². The zero-order valence-electron chi connectivity index (χ0n) is 15.2. The number of hydrogen-bond acceptors (Lipinski definition) is 4. The Hall–Kier alpha value is -2.44. The molecule has 0 saturated carbocycles. The average molecular weight is 404 g/mol. The molecule has 0 unspecified atom stereocenters. The highest BCUT2D eigenvalue weighted by atomic mass is 35.5. The SMILES string of the molecule is Fc1ccc(COC2=NCN(Cc3cccc4c3CCNC4)C=C2Cl)c(F)c1. The molecule has 0 fully saturated rings. The van der Waals surface area contributed by atoms with Gasteiger partial charge in [0.25, 0.3) is 0 Å². The molecule has 7 heteroatoms. The van der Waals surface area contributed by atoms with Crippen LogP contribution in [-0.2, 0) is 30.9 Å². The minimum absolute atomic E-state index is 0.0613. The standard InChI is InChI=1S/C21H20ClF2N3O/c22-19-11-27(10-15-3-1-2-14-9-25-7-6-18(14)15)13-26-21(19)28-12-16-4-5-17(23)8-20(16)24/h1-5,8,11,25H,6-7,9-10,12-13H2. The summed E-state index contributed by atoms with van der Waals surface area (Å²) in [7, 11) is 0. The maximum absolute atomic E-state index is 13.7. The van der Waals surface area contributed by atoms with Gasteiger partial charge in [0, 0.05) is 30.9 Å². The van der Waals surface area contributed by atoms with Crippen LogP contribution in [-0.4, -0.2) is 24.0 Å². The third kappa shape index (κ3) is 4.18. The molecular formula is C21H20ClF2N3O. The molecule has 0 amide bonds. The lowest BCUT2D eigenvalue weighted by atomic mass is 9.95. The molecular weight excluding hydrogens is 384 g/mol. The Morgan fingerprint density at radius 1 is 1.18 bits per heavy atom. The van der Waals surface area contributed by atoms with Crippen molar-refractivity contribution in [2.24, 2.45) is 4.99 Å². The lowest BCUT2D eigenvalue weighted by Gasteiger charge is -2.26. The summed E-state index contributed by atoms with van der Waals surface area (Å²) >= 11 is 6.32. The van der Waals surface area contributed by atoms with Crippen molar-refractivity contribution in [1.82, 2.24) is 10.2 Å². The van der Waals surface area contributed by atoms with Gasteiger partial charge in [0.2, 0.25) is 5.90 Å². The van der Waals surface area contributed by atoms with Gasteiger partial charge in [-0.05, 0) is 41.8 Å². The highest BCUT2D eigenvalue weighted by Gasteiger charge is 2.18. The van der Waals surface area contributed by atoms with Crippen LogP contribution < -0.4 is 5.32 Å². The minimum Gasteiger partial charge on any atom is -0.472 e. The summed E-state index contributed by atoms with van der Waals surface area (Å²) in [4.78, 5) is 6.39. The van der Waals surface area contributed by atoms with Crippen molar-refractivity contribution in [3.05, 3.63) is 81.5 Å². The Bertz CT molecular complexity index is 945. The Balaban J connectivity index is 1.40. The van der Waals surface area contributed by atoms with E-state index >= 15 is 0 Å². The van der Waals surface area contributed by atoms with E-state index in [1.165, 1.54) is 28.8 Å². The van der Waals surface area contributed by atoms with Gasteiger partial charge in [0.1, 0.15) is 29.9 Å². The predicted octanol–water partition coefficient (Wildman–Crippen LogP) is 4.08. The monoisotopic (exact) mass is 403 g/mol. The summed E-state index contributed by atoms with van der Waals surface area (Å²) in [6.45, 7) is 2.93. The van der Waals surface area contributed by atoms with E-state index in [-0.39, 0.29) is 18.1 Å². The molecule has 0 bridgehead atoms. The van der Waals surface area contributed by atoms with Gasteiger partial charge in [-0.25, -0.2) is 13.8 Å². The predicted molar refractivity (Wildman–Crippen MR) is 105 cm³/mol. The molecule has 2 aromatic rings. The van der Waals surface area contributed by atoms with Crippen LogP contribution in [0.15, 0.2) is 52.6 Å². The molecule has 4 nitrogen and oxygen atoms in total. The van der Waals surface area contributed by atoms with Crippen LogP contribution in [0.1, 0.15) is 22.3 Å². The molecule has 0 radical (unpaired) electrons. The van der Waals surface area contributed by atoms with Crippen LogP contribution >= 0.6 is 11.6 Å². The molecule has 2 heterocycles. The van der Waals surface area contributed by atoms with E-state index in [1.54, 1.807) is 6.20 Å². The molecule has 0 saturated heterocycles. The van der Waals surface area contributed by atoms with Crippen LogP contribution in [0.25, 0.3) is 0 Å². The van der Waals surface area contributed by atoms with E-state index in [0.29, 0.717) is 18.2 Å². The Labute approximate surface area is 167 Å². The van der Waals surface area contributed by atoms with Gasteiger partial charge >= 0.3 is 0 Å². The molecule has 0 aromatic heterocycles. The van der Waals surface area contributed by atoms with Gasteiger partial charge in [-0.1, -0.05) is 29.8 Å². The first-order valence-electron chi connectivity index (χ1n) is 9.13. The summed E-state index contributed by atoms with van der Waals surface area (Å²) in [6, 6.07) is 9.74. The zero-order chi connectivity index (χ0) is 19.5. The van der Waals surface area contributed by atoms with Crippen molar-refractivity contribution in [3.63, 3.8) is 0 Å². The van der Waals surface area contributed by atoms with Gasteiger partial charge in [-0.2, -0.15) is 0 Å². The highest BCUT2D eigenvalue weighted by Crippen LogP contribution is 2.23. The van der Waals surface area contributed by atoms with E-state index in [4.69, 9.17) is 16.3 Å². The van der Waals surface area contributed by atoms with E-state index in [9.17, 15) is 8.78 Å². The fraction of sp³-hybridized carbons (Fsp3) is 0.286. The second-order valence-electron chi connectivity index (χ2n) is 6.83. The number of rotatable bonds is 4. The van der Waals surface area contributed by atoms with Crippen LogP contribution in [0.2, 0.25) is 0 Å². The number of benzene rings is 2. The van der Waals surface area contributed by atoms with E-state index in [1.807, 2.05) is 4.90 Å². The van der Waals surface area contributed by atoms with Gasteiger partial charge in [-0.3, -0.25) is 0 Å². The number of hydrogen-bond donors (Lipinski definition) is 1. The van der Waals surface area contributed by atoms with Crippen molar-refractivity contribution < 1.29 is 13.5 Å². The lowest BCUT2D eigenvalue weighted by molar-refractivity contribution is 0.275. The second-order valence-corrected chi connectivity index (χ2v) is 7.24. The molecule has 1 N–H and O–H groups in total. The summed E-state index contributed by atoms with van der Waals surface area (Å²) in [6.07, 6.45) is 2.81. The van der Waals surface area contributed by atoms with Gasteiger partial charge < -0.3 is 15.0 Å². The quantitative estimate of drug-likeness (QED) is 0.835. The zero-order valence-corrected chi connectivity index (χ0v) is 16.0. The maximum Gasteiger partial charge on any atom is 0.231 e. The molecule has 0 spiro atoms. The Kier molecular flexibility index (Phi) is 5.59. The summed E-state index contributed by atoms with van der Waals surface area (Å²) in [5, 5.41) is 3.75. The van der Waals surface area contributed by atoms with E-state index < -0.39 is 11.6 Å². The van der Waals surface area contributed by atoms with Crippen LogP contribution in [0.5, 0.6) is 0 Å². The summed E-state index contributed by atoms with van der Waals surface area (Å²) < 4.78 is 32.3. The van der Waals surface area contributed by atoms with Crippen LogP contribution in [0.3, 0.4) is 0 Å². The fourth-order valence-corrected chi connectivity index (χ4v) is 3.71. The smallest absolute Gasteiger partial charge is 0.231 e. The molecule has 2 aromatic carbocycles. The lowest BCUT2D eigenvalue weighted by Crippen LogP contribution is -2.28. The van der Waals surface area contributed by atoms with E-state index in [0.717, 1.165) is 25.6 Å². The first-order valence-corrected chi connectivity index (χ1v) is 9.51. The molecule has 0 atom stereocenters. The summed E-state index contributed by atoms with van der Waals surface area (Å²) in [5.41, 5.74) is 4.25. The average Bonchev–Trinajstić information content (AvgIpc) is 2.69. The Morgan fingerprint density at radius 3 is 2.89 bits per heavy atom. The van der Waals surface area contributed by atoms with Gasteiger partial charge in [-0.15, -0.1) is 0 Å². The summed E-state index contributed by atoms with van der Waals surface area (Å²) in [5.74, 6) is -1.01. The molecule has 146 valence electrons. The largest absolute Gasteiger partial charge is 0.472 e. The van der Waals surface area contributed by atoms with Gasteiger partial charge in [0.15, 0.2) is 0 Å². The highest BCUT2D eigenvalue weighted by molar-refractivity contribution is 6.42. The fourth-order valence-electron chi connectivity index (χ4n) is 3.46. The van der Waals surface area contributed by atoms with E-state index in [2.05, 4.69) is 28.5 Å². The number of ether oxygens (including phenoxy) is 1. The second kappa shape index (κ2) is 8.29. The third-order valence-corrected chi connectivity index (χ3v) is 5.15. The molecule has 2 aliphatic rings. The topological polar surface area (TPSA) is 36.9 Å². The number of aliphatic imine (C=N–C) groups is 1. The van der Waals surface area contributed by atoms with Crippen molar-refractivity contribution in [3.8, 4) is 0 Å².